The Morgan fingerprint density at radius 2 is 1.96 bits per heavy atom. The van der Waals surface area contributed by atoms with Crippen LogP contribution in [-0.2, 0) is 13.0 Å². The first-order valence-electron chi connectivity index (χ1n) is 9.04. The lowest BCUT2D eigenvalue weighted by molar-refractivity contribution is 0.0735. The molecule has 26 heavy (non-hydrogen) atoms. The van der Waals surface area contributed by atoms with E-state index in [9.17, 15) is 4.79 Å². The fourth-order valence-electron chi connectivity index (χ4n) is 3.12. The number of methoxy groups -OCH3 is 1. The number of carbonyl (C=O) groups excluding carboxylic acids is 1. The summed E-state index contributed by atoms with van der Waals surface area (Å²) in [5.74, 6) is 1.05. The minimum absolute atomic E-state index is 0.0830. The molecule has 3 heterocycles. The van der Waals surface area contributed by atoms with E-state index in [-0.39, 0.29) is 5.91 Å². The summed E-state index contributed by atoms with van der Waals surface area (Å²) in [6.45, 7) is 5.42. The van der Waals surface area contributed by atoms with Gasteiger partial charge < -0.3 is 20.3 Å². The maximum Gasteiger partial charge on any atom is 0.255 e. The van der Waals surface area contributed by atoms with Gasteiger partial charge in [-0.3, -0.25) is 9.78 Å². The zero-order chi connectivity index (χ0) is 18.2. The van der Waals surface area contributed by atoms with Crippen LogP contribution in [0.15, 0.2) is 42.7 Å². The number of ether oxygens (including phenoxy) is 1. The Hall–Kier alpha value is -2.44. The van der Waals surface area contributed by atoms with Crippen LogP contribution < -0.4 is 15.4 Å². The number of amides is 1. The summed E-state index contributed by atoms with van der Waals surface area (Å²) >= 11 is 0. The van der Waals surface area contributed by atoms with Gasteiger partial charge in [-0.1, -0.05) is 6.07 Å². The minimum atomic E-state index is 0.0830. The molecule has 0 saturated carbocycles. The van der Waals surface area contributed by atoms with Crippen LogP contribution in [0.5, 0.6) is 5.75 Å². The molecular weight excluding hydrogens is 328 g/mol. The van der Waals surface area contributed by atoms with Gasteiger partial charge >= 0.3 is 0 Å². The number of rotatable bonds is 2. The van der Waals surface area contributed by atoms with Gasteiger partial charge in [0.25, 0.3) is 5.91 Å². The molecule has 0 radical (unpaired) electrons. The largest absolute Gasteiger partial charge is 0.497 e. The van der Waals surface area contributed by atoms with Crippen LogP contribution in [0, 0.1) is 0 Å². The lowest BCUT2D eigenvalue weighted by Gasteiger charge is -2.27. The maximum absolute atomic E-state index is 11.9. The summed E-state index contributed by atoms with van der Waals surface area (Å²) < 4.78 is 5.16. The third kappa shape index (κ3) is 4.80. The average molecular weight is 354 g/mol. The molecule has 2 aliphatic heterocycles. The first-order valence-corrected chi connectivity index (χ1v) is 9.04. The normalized spacial score (nSPS) is 16.1. The molecule has 0 unspecified atom stereocenters. The molecule has 2 N–H and O–H groups in total. The Bertz CT molecular complexity index is 715. The van der Waals surface area contributed by atoms with Gasteiger partial charge in [-0.25, -0.2) is 0 Å². The molecule has 1 fully saturated rings. The van der Waals surface area contributed by atoms with Crippen molar-refractivity contribution in [3.8, 4) is 5.75 Å². The van der Waals surface area contributed by atoms with Crippen molar-refractivity contribution >= 4 is 5.91 Å². The molecule has 1 saturated heterocycles. The second-order valence-electron chi connectivity index (χ2n) is 6.35. The van der Waals surface area contributed by atoms with Crippen LogP contribution >= 0.6 is 0 Å². The smallest absolute Gasteiger partial charge is 0.255 e. The number of hydrogen-bond donors (Lipinski definition) is 2. The van der Waals surface area contributed by atoms with Crippen molar-refractivity contribution in [1.82, 2.24) is 20.5 Å². The molecule has 2 aromatic rings. The Labute approximate surface area is 154 Å². The zero-order valence-corrected chi connectivity index (χ0v) is 15.2. The molecule has 4 rings (SSSR count). The zero-order valence-electron chi connectivity index (χ0n) is 15.2. The summed E-state index contributed by atoms with van der Waals surface area (Å²) in [4.78, 5) is 17.7. The summed E-state index contributed by atoms with van der Waals surface area (Å²) in [7, 11) is 1.71. The molecule has 1 aromatic carbocycles. The SMILES string of the molecule is COc1ccc2c(c1)CCNC2.O=C(c1cccnc1)N1CCNCC1. The molecule has 0 bridgehead atoms. The minimum Gasteiger partial charge on any atom is -0.497 e. The molecule has 1 aromatic heterocycles. The highest BCUT2D eigenvalue weighted by Crippen LogP contribution is 2.19. The highest BCUT2D eigenvalue weighted by molar-refractivity contribution is 5.93. The highest BCUT2D eigenvalue weighted by Gasteiger charge is 2.17. The molecule has 2 aliphatic rings. The van der Waals surface area contributed by atoms with E-state index in [1.54, 1.807) is 31.6 Å². The van der Waals surface area contributed by atoms with E-state index in [1.807, 2.05) is 11.0 Å². The van der Waals surface area contributed by atoms with Crippen molar-refractivity contribution in [2.75, 3.05) is 39.8 Å². The van der Waals surface area contributed by atoms with Gasteiger partial charge in [0.05, 0.1) is 12.7 Å². The average Bonchev–Trinajstić information content (AvgIpc) is 2.74. The van der Waals surface area contributed by atoms with Gasteiger partial charge in [-0.05, 0) is 48.4 Å². The predicted octanol–water partition coefficient (Wildman–Crippen LogP) is 1.47. The lowest BCUT2D eigenvalue weighted by Crippen LogP contribution is -2.46. The molecular formula is C20H26N4O2. The van der Waals surface area contributed by atoms with Crippen molar-refractivity contribution in [2.24, 2.45) is 0 Å². The first-order chi connectivity index (χ1) is 12.8. The molecule has 6 nitrogen and oxygen atoms in total. The van der Waals surface area contributed by atoms with E-state index in [2.05, 4.69) is 27.8 Å². The van der Waals surface area contributed by atoms with Crippen molar-refractivity contribution < 1.29 is 9.53 Å². The van der Waals surface area contributed by atoms with Crippen molar-refractivity contribution in [2.45, 2.75) is 13.0 Å². The fraction of sp³-hybridized carbons (Fsp3) is 0.400. The summed E-state index contributed by atoms with van der Waals surface area (Å²) in [5, 5.41) is 6.55. The highest BCUT2D eigenvalue weighted by atomic mass is 16.5. The second kappa shape index (κ2) is 9.31. The number of nitrogens with one attached hydrogen (secondary N) is 2. The van der Waals surface area contributed by atoms with Crippen molar-refractivity contribution in [3.05, 3.63) is 59.4 Å². The van der Waals surface area contributed by atoms with Crippen molar-refractivity contribution in [3.63, 3.8) is 0 Å². The van der Waals surface area contributed by atoms with Gasteiger partial charge in [-0.15, -0.1) is 0 Å². The molecule has 0 aliphatic carbocycles. The number of hydrogen-bond acceptors (Lipinski definition) is 5. The predicted molar refractivity (Wildman–Crippen MR) is 101 cm³/mol. The maximum atomic E-state index is 11.9. The van der Waals surface area contributed by atoms with Crippen LogP contribution in [0.3, 0.4) is 0 Å². The Kier molecular flexibility index (Phi) is 6.57. The molecule has 6 heteroatoms. The van der Waals surface area contributed by atoms with Gasteiger partial charge in [0.2, 0.25) is 0 Å². The number of carbonyl (C=O) groups is 1. The number of nitrogens with zero attached hydrogens (tertiary/aromatic N) is 2. The summed E-state index contributed by atoms with van der Waals surface area (Å²) in [6.07, 6.45) is 4.41. The number of pyridine rings is 1. The Morgan fingerprint density at radius 1 is 1.12 bits per heavy atom. The third-order valence-corrected chi connectivity index (χ3v) is 4.61. The first kappa shape index (κ1) is 18.4. The van der Waals surface area contributed by atoms with Crippen LogP contribution in [0.4, 0.5) is 0 Å². The van der Waals surface area contributed by atoms with E-state index in [4.69, 9.17) is 4.74 Å². The van der Waals surface area contributed by atoms with Gasteiger partial charge in [0.15, 0.2) is 0 Å². The van der Waals surface area contributed by atoms with Crippen LogP contribution in [-0.4, -0.2) is 55.6 Å². The number of fused-ring (bicyclic) bond motifs is 1. The number of piperazine rings is 1. The van der Waals surface area contributed by atoms with E-state index >= 15 is 0 Å². The van der Waals surface area contributed by atoms with E-state index in [0.29, 0.717) is 5.56 Å². The number of aromatic nitrogens is 1. The van der Waals surface area contributed by atoms with Crippen LogP contribution in [0.1, 0.15) is 21.5 Å². The molecule has 0 spiro atoms. The van der Waals surface area contributed by atoms with E-state index in [1.165, 1.54) is 11.1 Å². The Balaban J connectivity index is 0.000000152. The standard InChI is InChI=1S/C10H13N3O.C10H13NO/c14-10(9-2-1-3-12-8-9)13-6-4-11-5-7-13;1-12-10-3-2-9-7-11-5-4-8(9)6-10/h1-3,8,11H,4-7H2;2-3,6,11H,4-5,7H2,1H3. The number of benzene rings is 1. The third-order valence-electron chi connectivity index (χ3n) is 4.61. The fourth-order valence-corrected chi connectivity index (χ4v) is 3.12. The van der Waals surface area contributed by atoms with Crippen molar-refractivity contribution in [1.29, 1.82) is 0 Å². The van der Waals surface area contributed by atoms with Gasteiger partial charge in [0, 0.05) is 45.1 Å². The second-order valence-corrected chi connectivity index (χ2v) is 6.35. The molecule has 1 amide bonds. The van der Waals surface area contributed by atoms with Crippen LogP contribution in [0.2, 0.25) is 0 Å². The molecule has 0 atom stereocenters. The van der Waals surface area contributed by atoms with E-state index < -0.39 is 0 Å². The Morgan fingerprint density at radius 3 is 2.69 bits per heavy atom. The van der Waals surface area contributed by atoms with Crippen LogP contribution in [0.25, 0.3) is 0 Å². The van der Waals surface area contributed by atoms with Gasteiger partial charge in [0.1, 0.15) is 5.75 Å². The summed E-state index contributed by atoms with van der Waals surface area (Å²) in [5.41, 5.74) is 3.50. The van der Waals surface area contributed by atoms with Gasteiger partial charge in [-0.2, -0.15) is 0 Å². The quantitative estimate of drug-likeness (QED) is 0.855. The molecule has 138 valence electrons. The van der Waals surface area contributed by atoms with E-state index in [0.717, 1.165) is 51.4 Å². The monoisotopic (exact) mass is 354 g/mol. The lowest BCUT2D eigenvalue weighted by atomic mass is 10.0. The topological polar surface area (TPSA) is 66.5 Å². The summed E-state index contributed by atoms with van der Waals surface area (Å²) in [6, 6.07) is 9.88.